The Kier molecular flexibility index (Phi) is 7.77. The minimum atomic E-state index is -0.722. The smallest absolute Gasteiger partial charge is 0.187 e. The van der Waals surface area contributed by atoms with Crippen LogP contribution in [0.1, 0.15) is 46.0 Å². The van der Waals surface area contributed by atoms with Crippen LogP contribution in [0.4, 0.5) is 4.39 Å². The lowest BCUT2D eigenvalue weighted by Gasteiger charge is -2.03. The molecule has 0 aromatic carbocycles. The first kappa shape index (κ1) is 13.6. The van der Waals surface area contributed by atoms with E-state index in [0.717, 1.165) is 19.3 Å². The van der Waals surface area contributed by atoms with Gasteiger partial charge < -0.3 is 0 Å². The van der Waals surface area contributed by atoms with Gasteiger partial charge in [-0.25, -0.2) is 4.39 Å². The molecular weight excluding hydrogens is 203 g/mol. The Morgan fingerprint density at radius 1 is 1.43 bits per heavy atom. The normalized spacial score (nSPS) is 14.1. The highest BCUT2D eigenvalue weighted by atomic mass is 35.5. The van der Waals surface area contributed by atoms with Crippen molar-refractivity contribution in [3.05, 3.63) is 11.9 Å². The van der Waals surface area contributed by atoms with E-state index in [-0.39, 0.29) is 5.38 Å². The molecule has 0 rings (SSSR count). The van der Waals surface area contributed by atoms with Gasteiger partial charge in [0, 0.05) is 6.92 Å². The van der Waals surface area contributed by atoms with Crippen molar-refractivity contribution in [3.63, 3.8) is 0 Å². The van der Waals surface area contributed by atoms with E-state index in [2.05, 4.69) is 6.92 Å². The van der Waals surface area contributed by atoms with Crippen LogP contribution in [0.5, 0.6) is 0 Å². The molecule has 82 valence electrons. The highest BCUT2D eigenvalue weighted by Gasteiger charge is 2.06. The number of halogens is 2. The fraction of sp³-hybridized carbons (Fsp3) is 0.727. The van der Waals surface area contributed by atoms with E-state index in [1.54, 1.807) is 0 Å². The summed E-state index contributed by atoms with van der Waals surface area (Å²) >= 11 is 5.83. The molecule has 14 heavy (non-hydrogen) atoms. The molecule has 0 radical (unpaired) electrons. The number of allylic oxidation sites excluding steroid dienone is 2. The number of alkyl halides is 1. The van der Waals surface area contributed by atoms with Gasteiger partial charge in [-0.05, 0) is 12.5 Å². The summed E-state index contributed by atoms with van der Waals surface area (Å²) in [6, 6.07) is 0. The number of carbonyl (C=O) groups excluding carboxylic acids is 1. The summed E-state index contributed by atoms with van der Waals surface area (Å²) in [5, 5.41) is -0.351. The van der Waals surface area contributed by atoms with E-state index >= 15 is 0 Å². The van der Waals surface area contributed by atoms with Crippen LogP contribution in [0.2, 0.25) is 0 Å². The molecule has 0 aromatic heterocycles. The molecule has 0 fully saturated rings. The molecule has 0 N–H and O–H groups in total. The minimum absolute atomic E-state index is 0.351. The topological polar surface area (TPSA) is 17.1 Å². The van der Waals surface area contributed by atoms with Crippen molar-refractivity contribution in [2.45, 2.75) is 51.3 Å². The number of hydrogen-bond donors (Lipinski definition) is 0. The lowest BCUT2D eigenvalue weighted by molar-refractivity contribution is -0.114. The number of unbranched alkanes of at least 4 members (excludes halogenated alkanes) is 3. The van der Waals surface area contributed by atoms with Gasteiger partial charge in [0.05, 0.1) is 5.38 Å². The maximum absolute atomic E-state index is 12.8. The maximum atomic E-state index is 12.8. The van der Waals surface area contributed by atoms with Crippen molar-refractivity contribution in [2.75, 3.05) is 0 Å². The Morgan fingerprint density at radius 2 is 2.07 bits per heavy atom. The van der Waals surface area contributed by atoms with Crippen LogP contribution in [0.15, 0.2) is 11.9 Å². The molecule has 1 unspecified atom stereocenters. The molecule has 3 heteroatoms. The van der Waals surface area contributed by atoms with Gasteiger partial charge in [0.15, 0.2) is 11.6 Å². The van der Waals surface area contributed by atoms with Crippen LogP contribution in [-0.4, -0.2) is 11.2 Å². The number of hydrogen-bond acceptors (Lipinski definition) is 1. The molecule has 0 heterocycles. The van der Waals surface area contributed by atoms with Crippen LogP contribution >= 0.6 is 11.6 Å². The van der Waals surface area contributed by atoms with Gasteiger partial charge in [-0.1, -0.05) is 32.6 Å². The average Bonchev–Trinajstić information content (AvgIpc) is 2.12. The van der Waals surface area contributed by atoms with Crippen molar-refractivity contribution in [1.29, 1.82) is 0 Å². The van der Waals surface area contributed by atoms with Crippen LogP contribution in [0.3, 0.4) is 0 Å². The van der Waals surface area contributed by atoms with Crippen LogP contribution in [0, 0.1) is 0 Å². The zero-order chi connectivity index (χ0) is 11.0. The van der Waals surface area contributed by atoms with Crippen LogP contribution < -0.4 is 0 Å². The predicted octanol–water partition coefficient (Wildman–Crippen LogP) is 4.01. The van der Waals surface area contributed by atoms with E-state index in [1.165, 1.54) is 25.8 Å². The molecule has 0 aliphatic heterocycles. The van der Waals surface area contributed by atoms with Crippen molar-refractivity contribution < 1.29 is 9.18 Å². The molecule has 1 atom stereocenters. The molecule has 0 bridgehead atoms. The predicted molar refractivity (Wildman–Crippen MR) is 58.3 cm³/mol. The second-order valence-electron chi connectivity index (χ2n) is 3.44. The van der Waals surface area contributed by atoms with Crippen molar-refractivity contribution in [1.82, 2.24) is 0 Å². The van der Waals surface area contributed by atoms with E-state index in [0.29, 0.717) is 0 Å². The van der Waals surface area contributed by atoms with Gasteiger partial charge >= 0.3 is 0 Å². The lowest BCUT2D eigenvalue weighted by Crippen LogP contribution is -1.98. The van der Waals surface area contributed by atoms with E-state index < -0.39 is 11.6 Å². The van der Waals surface area contributed by atoms with E-state index in [4.69, 9.17) is 11.6 Å². The number of ketones is 1. The molecule has 0 amide bonds. The molecule has 1 nitrogen and oxygen atoms in total. The Hall–Kier alpha value is -0.370. The Bertz CT molecular complexity index is 201. The first-order chi connectivity index (χ1) is 6.57. The number of carbonyl (C=O) groups is 1. The first-order valence-corrected chi connectivity index (χ1v) is 5.54. The SMILES string of the molecule is CCCCCCC(Cl)/C=C(/F)C(C)=O. The summed E-state index contributed by atoms with van der Waals surface area (Å²) in [5.74, 6) is -1.27. The molecule has 0 aromatic rings. The lowest BCUT2D eigenvalue weighted by atomic mass is 10.1. The Balaban J connectivity index is 3.69. The quantitative estimate of drug-likeness (QED) is 0.360. The second kappa shape index (κ2) is 7.98. The Labute approximate surface area is 90.3 Å². The molecule has 0 spiro atoms. The summed E-state index contributed by atoms with van der Waals surface area (Å²) in [6.07, 6.45) is 6.41. The molecule has 0 saturated heterocycles. The van der Waals surface area contributed by atoms with Crippen LogP contribution in [-0.2, 0) is 4.79 Å². The zero-order valence-corrected chi connectivity index (χ0v) is 9.61. The standard InChI is InChI=1S/C11H18ClFO/c1-3-4-5-6-7-10(12)8-11(13)9(2)14/h8,10H,3-7H2,1-2H3/b11-8+. The summed E-state index contributed by atoms with van der Waals surface area (Å²) < 4.78 is 12.8. The molecule has 0 aliphatic rings. The monoisotopic (exact) mass is 220 g/mol. The van der Waals surface area contributed by atoms with Gasteiger partial charge in [-0.15, -0.1) is 11.6 Å². The fourth-order valence-corrected chi connectivity index (χ4v) is 1.39. The summed E-state index contributed by atoms with van der Waals surface area (Å²) in [6.45, 7) is 3.33. The van der Waals surface area contributed by atoms with E-state index in [9.17, 15) is 9.18 Å². The largest absolute Gasteiger partial charge is 0.292 e. The van der Waals surface area contributed by atoms with Crippen LogP contribution in [0.25, 0.3) is 0 Å². The Morgan fingerprint density at radius 3 is 2.57 bits per heavy atom. The van der Waals surface area contributed by atoms with Gasteiger partial charge in [0.2, 0.25) is 0 Å². The van der Waals surface area contributed by atoms with E-state index in [1.807, 2.05) is 0 Å². The number of rotatable bonds is 7. The third-order valence-electron chi connectivity index (χ3n) is 2.00. The molecule has 0 aliphatic carbocycles. The molecule has 0 saturated carbocycles. The number of Topliss-reactive ketones (excluding diaryl/α,β-unsaturated/α-hetero) is 1. The van der Waals surface area contributed by atoms with Gasteiger partial charge in [-0.3, -0.25) is 4.79 Å². The van der Waals surface area contributed by atoms with Gasteiger partial charge in [-0.2, -0.15) is 0 Å². The highest BCUT2D eigenvalue weighted by molar-refractivity contribution is 6.22. The first-order valence-electron chi connectivity index (χ1n) is 5.10. The average molecular weight is 221 g/mol. The fourth-order valence-electron chi connectivity index (χ4n) is 1.13. The van der Waals surface area contributed by atoms with Crippen molar-refractivity contribution in [2.24, 2.45) is 0 Å². The highest BCUT2D eigenvalue weighted by Crippen LogP contribution is 2.14. The van der Waals surface area contributed by atoms with Gasteiger partial charge in [0.25, 0.3) is 0 Å². The second-order valence-corrected chi connectivity index (χ2v) is 4.00. The third-order valence-corrected chi connectivity index (χ3v) is 2.34. The maximum Gasteiger partial charge on any atom is 0.187 e. The zero-order valence-electron chi connectivity index (χ0n) is 8.85. The summed E-state index contributed by atoms with van der Waals surface area (Å²) in [4.78, 5) is 10.6. The third kappa shape index (κ3) is 7.07. The molecular formula is C11H18ClFO. The minimum Gasteiger partial charge on any atom is -0.292 e. The van der Waals surface area contributed by atoms with Crippen molar-refractivity contribution >= 4 is 17.4 Å². The summed E-state index contributed by atoms with van der Waals surface area (Å²) in [7, 11) is 0. The van der Waals surface area contributed by atoms with Gasteiger partial charge in [0.1, 0.15) is 0 Å². The van der Waals surface area contributed by atoms with Crippen molar-refractivity contribution in [3.8, 4) is 0 Å². The summed E-state index contributed by atoms with van der Waals surface area (Å²) in [5.41, 5.74) is 0.